The highest BCUT2D eigenvalue weighted by atomic mass is 16.5. The lowest BCUT2D eigenvalue weighted by atomic mass is 10.1. The van der Waals surface area contributed by atoms with E-state index in [1.165, 1.54) is 6.21 Å². The lowest BCUT2D eigenvalue weighted by Crippen LogP contribution is -2.18. The van der Waals surface area contributed by atoms with Crippen molar-refractivity contribution in [2.45, 2.75) is 32.6 Å². The van der Waals surface area contributed by atoms with Crippen LogP contribution in [-0.2, 0) is 4.79 Å². The zero-order chi connectivity index (χ0) is 19.5. The highest BCUT2D eigenvalue weighted by Gasteiger charge is 2.06. The third-order valence-electron chi connectivity index (χ3n) is 3.95. The molecule has 0 aliphatic rings. The number of hydrazone groups is 1. The van der Waals surface area contributed by atoms with Crippen LogP contribution in [0.3, 0.4) is 0 Å². The molecule has 0 spiro atoms. The van der Waals surface area contributed by atoms with E-state index in [1.807, 2.05) is 24.3 Å². The zero-order valence-electron chi connectivity index (χ0n) is 15.7. The summed E-state index contributed by atoms with van der Waals surface area (Å²) in [7, 11) is 1.58. The van der Waals surface area contributed by atoms with Crippen LogP contribution >= 0.6 is 0 Å². The van der Waals surface area contributed by atoms with Gasteiger partial charge in [-0.05, 0) is 42.8 Å². The number of benzene rings is 2. The number of carbonyl (C=O) groups is 2. The standard InChI is InChI=1S/C21H25N3O3/c1-3-4-5-10-20(25)23-18-13-11-16(12-14-18)21(26)24-22-15-17-8-6-7-9-19(17)27-2/h6-9,11-15H,3-5,10H2,1-2H3,(H,23,25)(H,24,26)/b22-15+. The van der Waals surface area contributed by atoms with Crippen LogP contribution in [0.2, 0.25) is 0 Å². The first-order valence-corrected chi connectivity index (χ1v) is 9.00. The van der Waals surface area contributed by atoms with Crippen LogP contribution in [0.4, 0.5) is 5.69 Å². The smallest absolute Gasteiger partial charge is 0.271 e. The first kappa shape index (κ1) is 20.2. The number of unbranched alkanes of at least 4 members (excludes halogenated alkanes) is 2. The number of hydrogen-bond donors (Lipinski definition) is 2. The molecule has 0 unspecified atom stereocenters. The maximum atomic E-state index is 12.2. The molecular weight excluding hydrogens is 342 g/mol. The Kier molecular flexibility index (Phi) is 8.03. The first-order valence-electron chi connectivity index (χ1n) is 9.00. The van der Waals surface area contributed by atoms with E-state index in [0.29, 0.717) is 23.4 Å². The number of hydrogen-bond acceptors (Lipinski definition) is 4. The molecule has 2 N–H and O–H groups in total. The summed E-state index contributed by atoms with van der Waals surface area (Å²) in [6.45, 7) is 2.10. The summed E-state index contributed by atoms with van der Waals surface area (Å²) in [5, 5.41) is 6.79. The molecule has 0 radical (unpaired) electrons. The van der Waals surface area contributed by atoms with Gasteiger partial charge in [0.15, 0.2) is 0 Å². The molecule has 27 heavy (non-hydrogen) atoms. The Morgan fingerprint density at radius 2 is 1.81 bits per heavy atom. The summed E-state index contributed by atoms with van der Waals surface area (Å²) in [6, 6.07) is 14.1. The van der Waals surface area contributed by atoms with Gasteiger partial charge in [0.05, 0.1) is 13.3 Å². The number of anilines is 1. The van der Waals surface area contributed by atoms with Crippen LogP contribution in [-0.4, -0.2) is 25.1 Å². The molecule has 2 aromatic carbocycles. The molecule has 142 valence electrons. The molecule has 0 fully saturated rings. The number of para-hydroxylation sites is 1. The molecule has 0 bridgehead atoms. The number of methoxy groups -OCH3 is 1. The highest BCUT2D eigenvalue weighted by molar-refractivity contribution is 5.96. The van der Waals surface area contributed by atoms with Crippen LogP contribution in [0, 0.1) is 0 Å². The molecular formula is C21H25N3O3. The summed E-state index contributed by atoms with van der Waals surface area (Å²) in [5.74, 6) is 0.332. The Bertz CT molecular complexity index is 786. The van der Waals surface area contributed by atoms with Gasteiger partial charge in [-0.15, -0.1) is 0 Å². The summed E-state index contributed by atoms with van der Waals surface area (Å²) >= 11 is 0. The van der Waals surface area contributed by atoms with Gasteiger partial charge in [0.25, 0.3) is 5.91 Å². The van der Waals surface area contributed by atoms with E-state index in [9.17, 15) is 9.59 Å². The van der Waals surface area contributed by atoms with E-state index >= 15 is 0 Å². The number of nitrogens with one attached hydrogen (secondary N) is 2. The Balaban J connectivity index is 1.88. The van der Waals surface area contributed by atoms with E-state index < -0.39 is 0 Å². The SMILES string of the molecule is CCCCCC(=O)Nc1ccc(C(=O)N/N=C/c2ccccc2OC)cc1. The molecule has 2 aromatic rings. The molecule has 6 heteroatoms. The minimum atomic E-state index is -0.332. The van der Waals surface area contributed by atoms with E-state index in [0.717, 1.165) is 24.8 Å². The van der Waals surface area contributed by atoms with Crippen molar-refractivity contribution in [2.24, 2.45) is 5.10 Å². The molecule has 0 aliphatic carbocycles. The summed E-state index contributed by atoms with van der Waals surface area (Å²) in [4.78, 5) is 24.0. The average Bonchev–Trinajstić information content (AvgIpc) is 2.69. The summed E-state index contributed by atoms with van der Waals surface area (Å²) in [5.41, 5.74) is 4.37. The van der Waals surface area contributed by atoms with Crippen molar-refractivity contribution in [3.05, 3.63) is 59.7 Å². The number of carbonyl (C=O) groups excluding carboxylic acids is 2. The topological polar surface area (TPSA) is 79.8 Å². The van der Waals surface area contributed by atoms with Gasteiger partial charge < -0.3 is 10.1 Å². The van der Waals surface area contributed by atoms with Crippen LogP contribution < -0.4 is 15.5 Å². The Morgan fingerprint density at radius 3 is 2.52 bits per heavy atom. The van der Waals surface area contributed by atoms with Crippen molar-refractivity contribution in [3.8, 4) is 5.75 Å². The molecule has 0 atom stereocenters. The van der Waals surface area contributed by atoms with E-state index in [4.69, 9.17) is 4.74 Å². The normalized spacial score (nSPS) is 10.6. The van der Waals surface area contributed by atoms with E-state index in [2.05, 4.69) is 22.8 Å². The molecule has 6 nitrogen and oxygen atoms in total. The van der Waals surface area contributed by atoms with Crippen LogP contribution in [0.1, 0.15) is 48.5 Å². The van der Waals surface area contributed by atoms with Crippen molar-refractivity contribution < 1.29 is 14.3 Å². The predicted molar refractivity (Wildman–Crippen MR) is 107 cm³/mol. The summed E-state index contributed by atoms with van der Waals surface area (Å²) < 4.78 is 5.22. The van der Waals surface area contributed by atoms with Crippen LogP contribution in [0.5, 0.6) is 5.75 Å². The third kappa shape index (κ3) is 6.58. The first-order chi connectivity index (χ1) is 13.1. The fourth-order valence-electron chi connectivity index (χ4n) is 2.46. The second-order valence-electron chi connectivity index (χ2n) is 6.02. The van der Waals surface area contributed by atoms with Crippen molar-refractivity contribution in [3.63, 3.8) is 0 Å². The molecule has 2 amide bonds. The van der Waals surface area contributed by atoms with Gasteiger partial charge in [-0.1, -0.05) is 31.9 Å². The number of amides is 2. The zero-order valence-corrected chi connectivity index (χ0v) is 15.7. The van der Waals surface area contributed by atoms with Gasteiger partial charge in [-0.25, -0.2) is 5.43 Å². The van der Waals surface area contributed by atoms with Crippen LogP contribution in [0.15, 0.2) is 53.6 Å². The maximum absolute atomic E-state index is 12.2. The maximum Gasteiger partial charge on any atom is 0.271 e. The van der Waals surface area contributed by atoms with Gasteiger partial charge in [-0.3, -0.25) is 9.59 Å². The predicted octanol–water partition coefficient (Wildman–Crippen LogP) is 3.98. The Morgan fingerprint density at radius 1 is 1.07 bits per heavy atom. The van der Waals surface area contributed by atoms with Gasteiger partial charge in [0, 0.05) is 23.2 Å². The molecule has 0 aliphatic heterocycles. The number of rotatable bonds is 9. The number of nitrogens with zero attached hydrogens (tertiary/aromatic N) is 1. The second-order valence-corrected chi connectivity index (χ2v) is 6.02. The van der Waals surface area contributed by atoms with Crippen molar-refractivity contribution in [2.75, 3.05) is 12.4 Å². The minimum Gasteiger partial charge on any atom is -0.496 e. The molecule has 0 aromatic heterocycles. The Hall–Kier alpha value is -3.15. The van der Waals surface area contributed by atoms with Crippen molar-refractivity contribution in [1.82, 2.24) is 5.43 Å². The molecule has 0 saturated heterocycles. The highest BCUT2D eigenvalue weighted by Crippen LogP contribution is 2.14. The lowest BCUT2D eigenvalue weighted by molar-refractivity contribution is -0.116. The minimum absolute atomic E-state index is 0.0120. The van der Waals surface area contributed by atoms with E-state index in [1.54, 1.807) is 31.4 Å². The monoisotopic (exact) mass is 367 g/mol. The Labute approximate surface area is 159 Å². The average molecular weight is 367 g/mol. The van der Waals surface area contributed by atoms with Crippen molar-refractivity contribution >= 4 is 23.7 Å². The van der Waals surface area contributed by atoms with Crippen molar-refractivity contribution in [1.29, 1.82) is 0 Å². The van der Waals surface area contributed by atoms with E-state index in [-0.39, 0.29) is 11.8 Å². The van der Waals surface area contributed by atoms with Gasteiger partial charge in [0.1, 0.15) is 5.75 Å². The van der Waals surface area contributed by atoms with Gasteiger partial charge in [-0.2, -0.15) is 5.10 Å². The van der Waals surface area contributed by atoms with Crippen LogP contribution in [0.25, 0.3) is 0 Å². The van der Waals surface area contributed by atoms with Gasteiger partial charge >= 0.3 is 0 Å². The third-order valence-corrected chi connectivity index (χ3v) is 3.95. The second kappa shape index (κ2) is 10.8. The molecule has 2 rings (SSSR count). The number of ether oxygens (including phenoxy) is 1. The lowest BCUT2D eigenvalue weighted by Gasteiger charge is -2.06. The fraction of sp³-hybridized carbons (Fsp3) is 0.286. The quantitative estimate of drug-likeness (QED) is 0.400. The summed E-state index contributed by atoms with van der Waals surface area (Å²) in [6.07, 6.45) is 5.04. The molecule has 0 heterocycles. The molecule has 0 saturated carbocycles. The van der Waals surface area contributed by atoms with Gasteiger partial charge in [0.2, 0.25) is 5.91 Å². The largest absolute Gasteiger partial charge is 0.496 e. The fourth-order valence-corrected chi connectivity index (χ4v) is 2.46.